The van der Waals surface area contributed by atoms with Gasteiger partial charge in [0.1, 0.15) is 17.8 Å². The van der Waals surface area contributed by atoms with Gasteiger partial charge in [0.15, 0.2) is 0 Å². The summed E-state index contributed by atoms with van der Waals surface area (Å²) >= 11 is 3.47. The number of aliphatic hydroxyl groups is 1. The van der Waals surface area contributed by atoms with E-state index in [1.807, 2.05) is 24.3 Å². The first-order valence-electron chi connectivity index (χ1n) is 10.0. The van der Waals surface area contributed by atoms with Crippen LogP contribution in [-0.2, 0) is 6.54 Å². The van der Waals surface area contributed by atoms with Gasteiger partial charge in [-0.3, -0.25) is 9.48 Å². The molecule has 156 valence electrons. The summed E-state index contributed by atoms with van der Waals surface area (Å²) in [6, 6.07) is 9.88. The van der Waals surface area contributed by atoms with Gasteiger partial charge < -0.3 is 10.4 Å². The summed E-state index contributed by atoms with van der Waals surface area (Å²) in [5, 5.41) is 17.4. The van der Waals surface area contributed by atoms with Gasteiger partial charge in [-0.15, -0.1) is 0 Å². The molecule has 4 rings (SSSR count). The van der Waals surface area contributed by atoms with Gasteiger partial charge in [-0.25, -0.2) is 9.97 Å². The summed E-state index contributed by atoms with van der Waals surface area (Å²) in [4.78, 5) is 21.5. The van der Waals surface area contributed by atoms with E-state index in [0.29, 0.717) is 29.5 Å². The molecule has 0 radical (unpaired) electrons. The molecule has 1 fully saturated rings. The van der Waals surface area contributed by atoms with E-state index in [0.717, 1.165) is 22.9 Å². The fourth-order valence-electron chi connectivity index (χ4n) is 4.04. The SMILES string of the molecule is C[C@H]1C[C@H](Nc2ncncc2C(=O)c2ccn(Cc3cccc(Br)c3)n2)C[C@H]1CO. The first-order chi connectivity index (χ1) is 14.5. The second kappa shape index (κ2) is 9.06. The van der Waals surface area contributed by atoms with Gasteiger partial charge in [-0.05, 0) is 48.4 Å². The topological polar surface area (TPSA) is 92.9 Å². The summed E-state index contributed by atoms with van der Waals surface area (Å²) in [6.45, 7) is 2.91. The van der Waals surface area contributed by atoms with Gasteiger partial charge in [0.25, 0.3) is 0 Å². The second-order valence-electron chi connectivity index (χ2n) is 7.88. The molecule has 1 aliphatic carbocycles. The van der Waals surface area contributed by atoms with Crippen LogP contribution in [0.2, 0.25) is 0 Å². The number of hydrogen-bond acceptors (Lipinski definition) is 6. The number of aromatic nitrogens is 4. The maximum Gasteiger partial charge on any atom is 0.218 e. The van der Waals surface area contributed by atoms with Crippen molar-refractivity contribution >= 4 is 27.5 Å². The van der Waals surface area contributed by atoms with E-state index < -0.39 is 0 Å². The number of halogens is 1. The quantitative estimate of drug-likeness (QED) is 0.514. The summed E-state index contributed by atoms with van der Waals surface area (Å²) < 4.78 is 2.75. The molecule has 0 spiro atoms. The van der Waals surface area contributed by atoms with Gasteiger partial charge in [0.05, 0.1) is 12.1 Å². The van der Waals surface area contributed by atoms with Crippen LogP contribution in [0.1, 0.15) is 41.4 Å². The third kappa shape index (κ3) is 4.60. The Hall–Kier alpha value is -2.58. The van der Waals surface area contributed by atoms with Crippen molar-refractivity contribution in [2.45, 2.75) is 32.4 Å². The fourth-order valence-corrected chi connectivity index (χ4v) is 4.49. The summed E-state index contributed by atoms with van der Waals surface area (Å²) in [5.41, 5.74) is 1.85. The lowest BCUT2D eigenvalue weighted by Gasteiger charge is -2.15. The molecule has 2 N–H and O–H groups in total. The Morgan fingerprint density at radius 1 is 1.33 bits per heavy atom. The number of nitrogens with one attached hydrogen (secondary N) is 1. The number of hydrogen-bond donors (Lipinski definition) is 2. The van der Waals surface area contributed by atoms with Gasteiger partial charge in [0.2, 0.25) is 5.78 Å². The molecule has 7 nitrogen and oxygen atoms in total. The number of carbonyl (C=O) groups is 1. The van der Waals surface area contributed by atoms with E-state index in [4.69, 9.17) is 0 Å². The second-order valence-corrected chi connectivity index (χ2v) is 8.79. The molecule has 2 heterocycles. The van der Waals surface area contributed by atoms with Crippen LogP contribution >= 0.6 is 15.9 Å². The number of ketones is 1. The number of carbonyl (C=O) groups excluding carboxylic acids is 1. The molecule has 0 unspecified atom stereocenters. The van der Waals surface area contributed by atoms with Crippen molar-refractivity contribution in [1.29, 1.82) is 0 Å². The number of nitrogens with zero attached hydrogens (tertiary/aromatic N) is 4. The summed E-state index contributed by atoms with van der Waals surface area (Å²) in [5.74, 6) is 1.02. The third-order valence-corrected chi connectivity index (χ3v) is 6.18. The van der Waals surface area contributed by atoms with E-state index in [9.17, 15) is 9.90 Å². The molecule has 0 aliphatic heterocycles. The van der Waals surface area contributed by atoms with Crippen LogP contribution in [0, 0.1) is 11.8 Å². The van der Waals surface area contributed by atoms with Crippen molar-refractivity contribution in [3.63, 3.8) is 0 Å². The van der Waals surface area contributed by atoms with Crippen molar-refractivity contribution in [2.75, 3.05) is 11.9 Å². The molecule has 3 atom stereocenters. The lowest BCUT2D eigenvalue weighted by Crippen LogP contribution is -2.20. The zero-order valence-electron chi connectivity index (χ0n) is 16.7. The van der Waals surface area contributed by atoms with Crippen molar-refractivity contribution < 1.29 is 9.90 Å². The molecule has 1 aliphatic rings. The molecule has 1 aromatic carbocycles. The largest absolute Gasteiger partial charge is 0.396 e. The fraction of sp³-hybridized carbons (Fsp3) is 0.364. The van der Waals surface area contributed by atoms with E-state index >= 15 is 0 Å². The molecule has 0 bridgehead atoms. The molecule has 30 heavy (non-hydrogen) atoms. The van der Waals surface area contributed by atoms with Crippen LogP contribution < -0.4 is 5.32 Å². The van der Waals surface area contributed by atoms with Gasteiger partial charge in [0, 0.05) is 29.5 Å². The average molecular weight is 470 g/mol. The molecule has 0 amide bonds. The Kier molecular flexibility index (Phi) is 6.24. The number of benzene rings is 1. The van der Waals surface area contributed by atoms with Crippen LogP contribution in [0.25, 0.3) is 0 Å². The molecule has 1 saturated carbocycles. The highest BCUT2D eigenvalue weighted by molar-refractivity contribution is 9.10. The van der Waals surface area contributed by atoms with Crippen LogP contribution in [0.5, 0.6) is 0 Å². The molecule has 3 aromatic rings. The van der Waals surface area contributed by atoms with E-state index in [1.54, 1.807) is 16.9 Å². The first kappa shape index (κ1) is 20.7. The minimum atomic E-state index is -0.212. The van der Waals surface area contributed by atoms with Crippen molar-refractivity contribution in [3.8, 4) is 0 Å². The molecule has 0 saturated heterocycles. The highest BCUT2D eigenvalue weighted by atomic mass is 79.9. The van der Waals surface area contributed by atoms with Crippen LogP contribution in [0.15, 0.2) is 53.5 Å². The third-order valence-electron chi connectivity index (χ3n) is 5.69. The van der Waals surface area contributed by atoms with E-state index in [1.165, 1.54) is 12.5 Å². The minimum Gasteiger partial charge on any atom is -0.396 e. The molecular formula is C22H24BrN5O2. The monoisotopic (exact) mass is 469 g/mol. The predicted molar refractivity (Wildman–Crippen MR) is 117 cm³/mol. The normalized spacial score (nSPS) is 21.0. The lowest BCUT2D eigenvalue weighted by atomic mass is 10.00. The Balaban J connectivity index is 1.50. The number of anilines is 1. The minimum absolute atomic E-state index is 0.174. The standard InChI is InChI=1S/C22H24BrN5O2/c1-14-7-18(9-16(14)12-29)26-22-19(10-24-13-25-22)21(30)20-5-6-28(27-20)11-15-3-2-4-17(23)8-15/h2-6,8,10,13-14,16,18,29H,7,9,11-12H2,1H3,(H,24,25,26)/t14-,16-,18-/m0/s1. The smallest absolute Gasteiger partial charge is 0.218 e. The summed E-state index contributed by atoms with van der Waals surface area (Å²) in [6.07, 6.45) is 6.57. The zero-order valence-corrected chi connectivity index (χ0v) is 18.3. The molecular weight excluding hydrogens is 446 g/mol. The molecule has 2 aromatic heterocycles. The maximum atomic E-state index is 13.1. The van der Waals surface area contributed by atoms with Gasteiger partial charge in [-0.1, -0.05) is 35.0 Å². The number of rotatable bonds is 7. The maximum absolute atomic E-state index is 13.1. The van der Waals surface area contributed by atoms with Crippen LogP contribution in [0.4, 0.5) is 5.82 Å². The Morgan fingerprint density at radius 3 is 2.97 bits per heavy atom. The van der Waals surface area contributed by atoms with E-state index in [-0.39, 0.29) is 24.3 Å². The highest BCUT2D eigenvalue weighted by Gasteiger charge is 2.31. The average Bonchev–Trinajstić information content (AvgIpc) is 3.34. The van der Waals surface area contributed by atoms with Gasteiger partial charge in [-0.2, -0.15) is 5.10 Å². The Labute approximate surface area is 183 Å². The highest BCUT2D eigenvalue weighted by Crippen LogP contribution is 2.33. The number of aliphatic hydroxyl groups excluding tert-OH is 1. The van der Waals surface area contributed by atoms with Crippen molar-refractivity contribution in [3.05, 3.63) is 70.3 Å². The predicted octanol–water partition coefficient (Wildman–Crippen LogP) is 3.53. The van der Waals surface area contributed by atoms with Crippen molar-refractivity contribution in [1.82, 2.24) is 19.7 Å². The van der Waals surface area contributed by atoms with Crippen molar-refractivity contribution in [2.24, 2.45) is 11.8 Å². The lowest BCUT2D eigenvalue weighted by molar-refractivity contribution is 0.103. The first-order valence-corrected chi connectivity index (χ1v) is 10.8. The Morgan fingerprint density at radius 2 is 2.20 bits per heavy atom. The zero-order chi connectivity index (χ0) is 21.1. The van der Waals surface area contributed by atoms with Crippen LogP contribution in [-0.4, -0.2) is 43.3 Å². The summed E-state index contributed by atoms with van der Waals surface area (Å²) in [7, 11) is 0. The Bertz CT molecular complexity index is 1040. The van der Waals surface area contributed by atoms with Crippen LogP contribution in [0.3, 0.4) is 0 Å². The van der Waals surface area contributed by atoms with E-state index in [2.05, 4.69) is 43.2 Å². The van der Waals surface area contributed by atoms with Gasteiger partial charge >= 0.3 is 0 Å². The molecule has 8 heteroatoms.